The lowest BCUT2D eigenvalue weighted by Gasteiger charge is -2.41. The molecule has 0 amide bonds. The minimum absolute atomic E-state index is 0.00643. The highest BCUT2D eigenvalue weighted by atomic mass is 32.3. The van der Waals surface area contributed by atoms with Gasteiger partial charge < -0.3 is 34.3 Å². The third-order valence-corrected chi connectivity index (χ3v) is 9.58. The molecule has 4 N–H and O–H groups in total. The minimum atomic E-state index is -5.09. The van der Waals surface area contributed by atoms with E-state index in [9.17, 15) is 28.5 Å². The molecule has 1 saturated heterocycles. The fourth-order valence-electron chi connectivity index (χ4n) is 5.83. The number of aliphatic hydroxyl groups is 3. The molecular formula is C49H76O12S. The zero-order valence-corrected chi connectivity index (χ0v) is 37.9. The van der Waals surface area contributed by atoms with Gasteiger partial charge in [0.25, 0.3) is 0 Å². The van der Waals surface area contributed by atoms with Gasteiger partial charge >= 0.3 is 16.4 Å². The maximum Gasteiger partial charge on any atom is 0.397 e. The van der Waals surface area contributed by atoms with Crippen LogP contribution in [-0.2, 0) is 38.3 Å². The van der Waals surface area contributed by atoms with Gasteiger partial charge in [0.2, 0.25) is 0 Å². The number of unbranched alkanes of at least 4 members (excludes halogenated alkanes) is 4. The molecule has 1 fully saturated rings. The largest absolute Gasteiger partial charge is 0.457 e. The number of hydrogen-bond donors (Lipinski definition) is 4. The second-order valence-electron chi connectivity index (χ2n) is 14.5. The van der Waals surface area contributed by atoms with Gasteiger partial charge in [0, 0.05) is 6.61 Å². The molecular weight excluding hydrogens is 813 g/mol. The van der Waals surface area contributed by atoms with Gasteiger partial charge in [-0.15, -0.1) is 0 Å². The number of aliphatic hydroxyl groups excluding tert-OH is 3. The highest BCUT2D eigenvalue weighted by Gasteiger charge is 2.48. The smallest absolute Gasteiger partial charge is 0.397 e. The first-order valence-electron chi connectivity index (χ1n) is 22.3. The highest BCUT2D eigenvalue weighted by molar-refractivity contribution is 7.80. The van der Waals surface area contributed by atoms with E-state index in [-0.39, 0.29) is 19.6 Å². The molecule has 0 spiro atoms. The summed E-state index contributed by atoms with van der Waals surface area (Å²) in [5, 5.41) is 30.6. The molecule has 0 aliphatic carbocycles. The van der Waals surface area contributed by atoms with Crippen molar-refractivity contribution in [3.8, 4) is 0 Å². The van der Waals surface area contributed by atoms with E-state index in [2.05, 4.69) is 121 Å². The van der Waals surface area contributed by atoms with Crippen LogP contribution >= 0.6 is 0 Å². The summed E-state index contributed by atoms with van der Waals surface area (Å²) in [7, 11) is -5.09. The summed E-state index contributed by atoms with van der Waals surface area (Å²) < 4.78 is 58.9. The lowest BCUT2D eigenvalue weighted by atomic mass is 9.99. The zero-order valence-electron chi connectivity index (χ0n) is 37.1. The highest BCUT2D eigenvalue weighted by Crippen LogP contribution is 2.26. The van der Waals surface area contributed by atoms with Crippen molar-refractivity contribution in [2.24, 2.45) is 0 Å². The molecule has 1 heterocycles. The number of esters is 1. The Labute approximate surface area is 372 Å². The van der Waals surface area contributed by atoms with E-state index in [0.717, 1.165) is 89.9 Å². The summed E-state index contributed by atoms with van der Waals surface area (Å²) in [4.78, 5) is 12.8. The van der Waals surface area contributed by atoms with Crippen LogP contribution in [-0.4, -0.2) is 97.5 Å². The summed E-state index contributed by atoms with van der Waals surface area (Å²) in [5.41, 5.74) is 0. The number of hydrogen-bond acceptors (Lipinski definition) is 11. The van der Waals surface area contributed by atoms with E-state index in [1.54, 1.807) is 6.08 Å². The number of carbonyl (C=O) groups is 1. The molecule has 1 aliphatic heterocycles. The van der Waals surface area contributed by atoms with Crippen LogP contribution < -0.4 is 0 Å². The Hall–Kier alpha value is -3.50. The van der Waals surface area contributed by atoms with E-state index in [1.165, 1.54) is 0 Å². The van der Waals surface area contributed by atoms with Crippen LogP contribution in [0.3, 0.4) is 0 Å². The van der Waals surface area contributed by atoms with Gasteiger partial charge in [0.15, 0.2) is 6.29 Å². The predicted molar refractivity (Wildman–Crippen MR) is 247 cm³/mol. The molecule has 1 aliphatic rings. The first-order chi connectivity index (χ1) is 30.1. The summed E-state index contributed by atoms with van der Waals surface area (Å²) in [6.07, 6.45) is 46.9. The van der Waals surface area contributed by atoms with Crippen molar-refractivity contribution in [2.75, 3.05) is 26.4 Å². The van der Waals surface area contributed by atoms with E-state index in [0.29, 0.717) is 13.0 Å². The van der Waals surface area contributed by atoms with E-state index < -0.39 is 59.8 Å². The van der Waals surface area contributed by atoms with E-state index >= 15 is 0 Å². The van der Waals surface area contributed by atoms with E-state index in [1.807, 2.05) is 12.2 Å². The predicted octanol–water partition coefficient (Wildman–Crippen LogP) is 9.40. The number of ether oxygens (including phenoxy) is 4. The molecule has 0 saturated carbocycles. The Morgan fingerprint density at radius 2 is 1.06 bits per heavy atom. The SMILES string of the molecule is CC/C=C\C/C=C\C/C=C\C/C=C\C/C=C\CCCCCCOCC(COC1OC(CO)C(O)C(OS(=O)(=O)O)C1O)OC(=O)C/C=C\C/C=C\C/C=C\C/C=C\C/C=C\CC. The van der Waals surface area contributed by atoms with Gasteiger partial charge in [-0.05, 0) is 83.5 Å². The van der Waals surface area contributed by atoms with Crippen LogP contribution in [0.4, 0.5) is 0 Å². The number of carbonyl (C=O) groups excluding carboxylic acids is 1. The van der Waals surface area contributed by atoms with Crippen molar-refractivity contribution in [3.05, 3.63) is 122 Å². The van der Waals surface area contributed by atoms with Crippen LogP contribution in [0.1, 0.15) is 117 Å². The van der Waals surface area contributed by atoms with Gasteiger partial charge in [-0.1, -0.05) is 148 Å². The third-order valence-electron chi connectivity index (χ3n) is 9.11. The zero-order chi connectivity index (χ0) is 45.4. The number of allylic oxidation sites excluding steroid dienone is 19. The molecule has 6 unspecified atom stereocenters. The van der Waals surface area contributed by atoms with Crippen LogP contribution in [0.15, 0.2) is 122 Å². The van der Waals surface area contributed by atoms with Gasteiger partial charge in [-0.25, -0.2) is 4.18 Å². The van der Waals surface area contributed by atoms with Crippen molar-refractivity contribution in [2.45, 2.75) is 153 Å². The second kappa shape index (κ2) is 39.1. The summed E-state index contributed by atoms with van der Waals surface area (Å²) in [6.45, 7) is 3.53. The average molecular weight is 889 g/mol. The van der Waals surface area contributed by atoms with Gasteiger partial charge in [0.1, 0.15) is 30.5 Å². The molecule has 1 rings (SSSR count). The minimum Gasteiger partial charge on any atom is -0.457 e. The van der Waals surface area contributed by atoms with Crippen LogP contribution in [0, 0.1) is 0 Å². The fraction of sp³-hybridized carbons (Fsp3) is 0.571. The van der Waals surface area contributed by atoms with Crippen molar-refractivity contribution in [1.29, 1.82) is 0 Å². The normalized spacial score (nSPS) is 21.2. The lowest BCUT2D eigenvalue weighted by Crippen LogP contribution is -2.60. The topological polar surface area (TPSA) is 178 Å². The van der Waals surface area contributed by atoms with Gasteiger partial charge in [0.05, 0.1) is 26.2 Å². The van der Waals surface area contributed by atoms with Gasteiger partial charge in [-0.3, -0.25) is 9.35 Å². The molecule has 0 bridgehead atoms. The molecule has 12 nitrogen and oxygen atoms in total. The Bertz CT molecular complexity index is 1540. The molecule has 0 aromatic heterocycles. The molecule has 13 heteroatoms. The van der Waals surface area contributed by atoms with Crippen molar-refractivity contribution < 1.29 is 56.2 Å². The second-order valence-corrected chi connectivity index (χ2v) is 15.6. The monoisotopic (exact) mass is 889 g/mol. The van der Waals surface area contributed by atoms with E-state index in [4.69, 9.17) is 23.5 Å². The average Bonchev–Trinajstić information content (AvgIpc) is 3.24. The molecule has 62 heavy (non-hydrogen) atoms. The Morgan fingerprint density at radius 1 is 0.613 bits per heavy atom. The van der Waals surface area contributed by atoms with Crippen LogP contribution in [0.2, 0.25) is 0 Å². The maximum absolute atomic E-state index is 12.8. The Kier molecular flexibility index (Phi) is 35.7. The molecule has 0 aromatic rings. The first-order valence-corrected chi connectivity index (χ1v) is 23.7. The van der Waals surface area contributed by atoms with Crippen molar-refractivity contribution >= 4 is 16.4 Å². The van der Waals surface area contributed by atoms with Crippen LogP contribution in [0.25, 0.3) is 0 Å². The van der Waals surface area contributed by atoms with Crippen molar-refractivity contribution in [3.63, 3.8) is 0 Å². The molecule has 0 aromatic carbocycles. The quantitative estimate of drug-likeness (QED) is 0.0203. The summed E-state index contributed by atoms with van der Waals surface area (Å²) in [6, 6.07) is 0. The Balaban J connectivity index is 2.52. The van der Waals surface area contributed by atoms with Crippen molar-refractivity contribution in [1.82, 2.24) is 0 Å². The first kappa shape index (κ1) is 56.5. The summed E-state index contributed by atoms with van der Waals surface area (Å²) >= 11 is 0. The number of rotatable bonds is 36. The Morgan fingerprint density at radius 3 is 1.53 bits per heavy atom. The third kappa shape index (κ3) is 32.2. The molecule has 6 atom stereocenters. The van der Waals surface area contributed by atoms with Crippen LogP contribution in [0.5, 0.6) is 0 Å². The molecule has 0 radical (unpaired) electrons. The lowest BCUT2D eigenvalue weighted by molar-refractivity contribution is -0.301. The molecule has 350 valence electrons. The maximum atomic E-state index is 12.8. The fourth-order valence-corrected chi connectivity index (χ4v) is 6.34. The summed E-state index contributed by atoms with van der Waals surface area (Å²) in [5.74, 6) is -0.542. The van der Waals surface area contributed by atoms with Gasteiger partial charge in [-0.2, -0.15) is 8.42 Å². The standard InChI is InChI=1S/C49H76O12S/c1-3-5-7-9-11-13-15-17-19-20-21-22-23-25-27-29-31-33-35-37-39-57-41-43(42-58-49-47(53)48(61-62(54,55)56)46(52)44(40-50)60-49)59-45(51)38-36-34-32-30-28-26-24-18-16-14-12-10-8-6-4-2/h5-8,11-14,17-19,21-22,24-25,27-28,30,34,36,43-44,46-50,52-53H,3-4,9-10,15-16,20,23,26,29,31-33,35,37-42H2,1-2H3,(H,54,55,56)/b7-5-,8-6-,13-11-,14-12-,19-17-,22-21-,24-18-,27-25-,30-28-,36-34-.